The number of nitrogens with one attached hydrogen (secondary N) is 1. The van der Waals surface area contributed by atoms with Crippen molar-refractivity contribution in [3.05, 3.63) is 23.8 Å². The van der Waals surface area contributed by atoms with Crippen LogP contribution >= 0.6 is 11.8 Å². The molecule has 0 radical (unpaired) electrons. The Morgan fingerprint density at radius 3 is 3.31 bits per heavy atom. The highest BCUT2D eigenvalue weighted by atomic mass is 32.2. The SMILES string of the molecule is COc1ccc2c(c1)[C@H]1OCCN[C@@H]1CS2. The first-order valence-electron chi connectivity index (χ1n) is 5.54. The number of morpholine rings is 1. The monoisotopic (exact) mass is 237 g/mol. The van der Waals surface area contributed by atoms with Crippen LogP contribution in [0, 0.1) is 0 Å². The molecule has 86 valence electrons. The zero-order valence-corrected chi connectivity index (χ0v) is 10.0. The molecule has 0 amide bonds. The summed E-state index contributed by atoms with van der Waals surface area (Å²) < 4.78 is 11.2. The van der Waals surface area contributed by atoms with E-state index in [4.69, 9.17) is 9.47 Å². The fraction of sp³-hybridized carbons (Fsp3) is 0.500. The Bertz CT molecular complexity index is 397. The van der Waals surface area contributed by atoms with E-state index in [1.54, 1.807) is 7.11 Å². The minimum atomic E-state index is 0.195. The Hall–Kier alpha value is -0.710. The molecule has 3 nitrogen and oxygen atoms in total. The van der Waals surface area contributed by atoms with Crippen LogP contribution in [0.1, 0.15) is 11.7 Å². The molecule has 0 bridgehead atoms. The van der Waals surface area contributed by atoms with Gasteiger partial charge in [-0.05, 0) is 23.8 Å². The first-order valence-corrected chi connectivity index (χ1v) is 6.53. The van der Waals surface area contributed by atoms with Gasteiger partial charge in [0.25, 0.3) is 0 Å². The lowest BCUT2D eigenvalue weighted by Gasteiger charge is -2.37. The summed E-state index contributed by atoms with van der Waals surface area (Å²) in [5, 5.41) is 3.51. The molecule has 1 fully saturated rings. The van der Waals surface area contributed by atoms with Crippen LogP contribution in [-0.2, 0) is 4.74 Å². The standard InChI is InChI=1S/C12H15NO2S/c1-14-8-2-3-11-9(6-8)12-10(7-16-11)13-4-5-15-12/h2-3,6,10,12-13H,4-5,7H2,1H3/t10-,12-/m1/s1. The highest BCUT2D eigenvalue weighted by Crippen LogP contribution is 2.40. The van der Waals surface area contributed by atoms with Gasteiger partial charge < -0.3 is 14.8 Å². The van der Waals surface area contributed by atoms with Gasteiger partial charge >= 0.3 is 0 Å². The summed E-state index contributed by atoms with van der Waals surface area (Å²) in [6.45, 7) is 1.75. The van der Waals surface area contributed by atoms with Crippen molar-refractivity contribution in [1.82, 2.24) is 5.32 Å². The molecule has 0 aromatic heterocycles. The van der Waals surface area contributed by atoms with E-state index in [1.165, 1.54) is 10.5 Å². The summed E-state index contributed by atoms with van der Waals surface area (Å²) in [5.41, 5.74) is 1.27. The smallest absolute Gasteiger partial charge is 0.119 e. The quantitative estimate of drug-likeness (QED) is 0.807. The van der Waals surface area contributed by atoms with Crippen LogP contribution in [0.25, 0.3) is 0 Å². The molecule has 1 N–H and O–H groups in total. The predicted molar refractivity (Wildman–Crippen MR) is 64.2 cm³/mol. The van der Waals surface area contributed by atoms with Gasteiger partial charge in [-0.3, -0.25) is 0 Å². The fourth-order valence-corrected chi connectivity index (χ4v) is 3.45. The average molecular weight is 237 g/mol. The summed E-state index contributed by atoms with van der Waals surface area (Å²) in [5.74, 6) is 2.00. The van der Waals surface area contributed by atoms with Gasteiger partial charge in [-0.2, -0.15) is 0 Å². The van der Waals surface area contributed by atoms with Crippen molar-refractivity contribution >= 4 is 11.8 Å². The minimum absolute atomic E-state index is 0.195. The maximum Gasteiger partial charge on any atom is 0.119 e. The second-order valence-electron chi connectivity index (χ2n) is 4.07. The zero-order valence-electron chi connectivity index (χ0n) is 9.23. The lowest BCUT2D eigenvalue weighted by Crippen LogP contribution is -2.46. The topological polar surface area (TPSA) is 30.5 Å². The summed E-state index contributed by atoms with van der Waals surface area (Å²) in [6, 6.07) is 6.69. The van der Waals surface area contributed by atoms with Crippen molar-refractivity contribution in [1.29, 1.82) is 0 Å². The number of methoxy groups -OCH3 is 1. The van der Waals surface area contributed by atoms with Crippen molar-refractivity contribution in [2.45, 2.75) is 17.0 Å². The molecule has 0 spiro atoms. The van der Waals surface area contributed by atoms with Crippen molar-refractivity contribution in [3.8, 4) is 5.75 Å². The van der Waals surface area contributed by atoms with Crippen LogP contribution in [0.3, 0.4) is 0 Å². The Morgan fingerprint density at radius 1 is 1.50 bits per heavy atom. The van der Waals surface area contributed by atoms with Crippen LogP contribution in [0.2, 0.25) is 0 Å². The predicted octanol–water partition coefficient (Wildman–Crippen LogP) is 1.83. The summed E-state index contributed by atoms with van der Waals surface area (Å²) in [4.78, 5) is 1.32. The van der Waals surface area contributed by atoms with E-state index in [0.29, 0.717) is 6.04 Å². The molecule has 0 saturated carbocycles. The molecule has 0 aliphatic carbocycles. The van der Waals surface area contributed by atoms with Gasteiger partial charge in [0.1, 0.15) is 5.75 Å². The number of benzene rings is 1. The van der Waals surface area contributed by atoms with Crippen molar-refractivity contribution in [2.24, 2.45) is 0 Å². The van der Waals surface area contributed by atoms with E-state index < -0.39 is 0 Å². The maximum atomic E-state index is 5.88. The summed E-state index contributed by atoms with van der Waals surface area (Å²) >= 11 is 1.90. The number of hydrogen-bond acceptors (Lipinski definition) is 4. The van der Waals surface area contributed by atoms with E-state index in [0.717, 1.165) is 24.7 Å². The molecular weight excluding hydrogens is 222 g/mol. The average Bonchev–Trinajstić information content (AvgIpc) is 2.38. The molecule has 16 heavy (non-hydrogen) atoms. The van der Waals surface area contributed by atoms with E-state index in [-0.39, 0.29) is 6.10 Å². The number of rotatable bonds is 1. The molecule has 3 rings (SSSR count). The Balaban J connectivity index is 1.98. The van der Waals surface area contributed by atoms with Crippen molar-refractivity contribution < 1.29 is 9.47 Å². The first-order chi connectivity index (χ1) is 7.88. The molecule has 1 aromatic rings. The summed E-state index contributed by atoms with van der Waals surface area (Å²) in [7, 11) is 1.70. The van der Waals surface area contributed by atoms with Crippen LogP contribution < -0.4 is 10.1 Å². The lowest BCUT2D eigenvalue weighted by molar-refractivity contribution is -0.00198. The van der Waals surface area contributed by atoms with Crippen molar-refractivity contribution in [3.63, 3.8) is 0 Å². The van der Waals surface area contributed by atoms with Crippen LogP contribution in [-0.4, -0.2) is 32.1 Å². The van der Waals surface area contributed by atoms with Crippen LogP contribution in [0.4, 0.5) is 0 Å². The van der Waals surface area contributed by atoms with Gasteiger partial charge in [0.15, 0.2) is 0 Å². The molecule has 0 unspecified atom stereocenters. The molecule has 1 aromatic carbocycles. The Labute approximate surface area is 99.5 Å². The van der Waals surface area contributed by atoms with Gasteiger partial charge in [0.05, 0.1) is 19.8 Å². The van der Waals surface area contributed by atoms with Gasteiger partial charge in [-0.15, -0.1) is 11.8 Å². The van der Waals surface area contributed by atoms with Gasteiger partial charge in [-0.25, -0.2) is 0 Å². The maximum absolute atomic E-state index is 5.88. The third kappa shape index (κ3) is 1.71. The number of ether oxygens (including phenoxy) is 2. The van der Waals surface area contributed by atoms with E-state index in [9.17, 15) is 0 Å². The van der Waals surface area contributed by atoms with Gasteiger partial charge in [-0.1, -0.05) is 0 Å². The normalized spacial score (nSPS) is 28.1. The van der Waals surface area contributed by atoms with Crippen molar-refractivity contribution in [2.75, 3.05) is 26.0 Å². The Kier molecular flexibility index (Phi) is 2.79. The Morgan fingerprint density at radius 2 is 2.44 bits per heavy atom. The van der Waals surface area contributed by atoms with Crippen LogP contribution in [0.15, 0.2) is 23.1 Å². The molecule has 4 heteroatoms. The van der Waals surface area contributed by atoms with E-state index >= 15 is 0 Å². The zero-order chi connectivity index (χ0) is 11.0. The molecule has 2 heterocycles. The van der Waals surface area contributed by atoms with Gasteiger partial charge in [0.2, 0.25) is 0 Å². The third-order valence-electron chi connectivity index (χ3n) is 3.11. The second kappa shape index (κ2) is 4.28. The molecule has 1 saturated heterocycles. The fourth-order valence-electron chi connectivity index (χ4n) is 2.29. The lowest BCUT2D eigenvalue weighted by atomic mass is 10.0. The first kappa shape index (κ1) is 10.4. The van der Waals surface area contributed by atoms with Crippen LogP contribution in [0.5, 0.6) is 5.75 Å². The van der Waals surface area contributed by atoms with Gasteiger partial charge in [0, 0.05) is 23.2 Å². The molecule has 2 aliphatic heterocycles. The van der Waals surface area contributed by atoms with E-state index in [2.05, 4.69) is 17.4 Å². The third-order valence-corrected chi connectivity index (χ3v) is 4.32. The minimum Gasteiger partial charge on any atom is -0.497 e. The highest BCUT2D eigenvalue weighted by molar-refractivity contribution is 7.99. The molecular formula is C12H15NO2S. The molecule has 2 aliphatic rings. The number of hydrogen-bond donors (Lipinski definition) is 1. The largest absolute Gasteiger partial charge is 0.497 e. The second-order valence-corrected chi connectivity index (χ2v) is 5.13. The number of fused-ring (bicyclic) bond motifs is 3. The highest BCUT2D eigenvalue weighted by Gasteiger charge is 2.33. The summed E-state index contributed by atoms with van der Waals surface area (Å²) in [6.07, 6.45) is 0.195. The number of thioether (sulfide) groups is 1. The molecule has 2 atom stereocenters. The van der Waals surface area contributed by atoms with E-state index in [1.807, 2.05) is 17.8 Å².